The fourth-order valence-electron chi connectivity index (χ4n) is 2.36. The van der Waals surface area contributed by atoms with Crippen LogP contribution in [0, 0.1) is 0 Å². The van der Waals surface area contributed by atoms with Crippen molar-refractivity contribution in [3.05, 3.63) is 79.1 Å². The molecule has 3 rings (SSSR count). The Morgan fingerprint density at radius 3 is 2.36 bits per heavy atom. The van der Waals surface area contributed by atoms with Gasteiger partial charge in [-0.05, 0) is 48.5 Å². The number of anilines is 2. The molecular weight excluding hydrogens is 394 g/mol. The lowest BCUT2D eigenvalue weighted by Gasteiger charge is -2.09. The number of thioether (sulfide) groups is 1. The fraction of sp³-hybridized carbons (Fsp3) is 0.100. The molecule has 1 aromatic heterocycles. The van der Waals surface area contributed by atoms with Gasteiger partial charge in [-0.15, -0.1) is 11.8 Å². The van der Waals surface area contributed by atoms with Crippen molar-refractivity contribution in [2.75, 3.05) is 15.8 Å². The first-order chi connectivity index (χ1) is 13.5. The van der Waals surface area contributed by atoms with E-state index in [1.54, 1.807) is 42.2 Å². The average molecular weight is 414 g/mol. The number of benzene rings is 2. The summed E-state index contributed by atoms with van der Waals surface area (Å²) in [6.07, 6.45) is 3.36. The summed E-state index contributed by atoms with van der Waals surface area (Å²) in [5.74, 6) is 0.546. The number of sulfonamides is 1. The Balaban J connectivity index is 1.53. The van der Waals surface area contributed by atoms with Gasteiger partial charge in [-0.1, -0.05) is 18.2 Å². The third-order valence-corrected chi connectivity index (χ3v) is 6.11. The number of amides is 1. The van der Waals surface area contributed by atoms with Crippen LogP contribution in [0.5, 0.6) is 0 Å². The molecule has 2 N–H and O–H groups in total. The Labute approximate surface area is 168 Å². The first-order valence-electron chi connectivity index (χ1n) is 8.53. The van der Waals surface area contributed by atoms with Gasteiger partial charge in [0, 0.05) is 29.0 Å². The van der Waals surface area contributed by atoms with Gasteiger partial charge in [-0.3, -0.25) is 14.5 Å². The SMILES string of the molecule is O=C(CCSc1ccccc1)Nc1ccc(S(=O)(=O)Nc2cccnc2)cc1. The second-order valence-corrected chi connectivity index (χ2v) is 8.68. The molecule has 0 saturated carbocycles. The van der Waals surface area contributed by atoms with Crippen molar-refractivity contribution in [2.24, 2.45) is 0 Å². The van der Waals surface area contributed by atoms with E-state index >= 15 is 0 Å². The van der Waals surface area contributed by atoms with E-state index in [0.29, 0.717) is 23.5 Å². The molecule has 0 spiro atoms. The van der Waals surface area contributed by atoms with Crippen molar-refractivity contribution < 1.29 is 13.2 Å². The number of hydrogen-bond acceptors (Lipinski definition) is 5. The fourth-order valence-corrected chi connectivity index (χ4v) is 4.27. The lowest BCUT2D eigenvalue weighted by atomic mass is 10.3. The molecule has 6 nitrogen and oxygen atoms in total. The van der Waals surface area contributed by atoms with E-state index in [0.717, 1.165) is 4.90 Å². The topological polar surface area (TPSA) is 88.2 Å². The van der Waals surface area contributed by atoms with E-state index in [9.17, 15) is 13.2 Å². The number of aromatic nitrogens is 1. The van der Waals surface area contributed by atoms with Gasteiger partial charge in [0.2, 0.25) is 5.91 Å². The first-order valence-corrected chi connectivity index (χ1v) is 11.0. The summed E-state index contributed by atoms with van der Waals surface area (Å²) in [5.41, 5.74) is 0.936. The number of nitrogens with zero attached hydrogens (tertiary/aromatic N) is 1. The predicted octanol–water partition coefficient (Wildman–Crippen LogP) is 4.00. The smallest absolute Gasteiger partial charge is 0.261 e. The lowest BCUT2D eigenvalue weighted by molar-refractivity contribution is -0.115. The summed E-state index contributed by atoms with van der Waals surface area (Å²) in [6, 6.07) is 19.2. The van der Waals surface area contributed by atoms with Crippen LogP contribution >= 0.6 is 11.8 Å². The van der Waals surface area contributed by atoms with E-state index in [-0.39, 0.29) is 10.8 Å². The molecule has 0 radical (unpaired) electrons. The minimum atomic E-state index is -3.71. The molecule has 0 aliphatic heterocycles. The van der Waals surface area contributed by atoms with Crippen LogP contribution in [0.25, 0.3) is 0 Å². The number of hydrogen-bond donors (Lipinski definition) is 2. The highest BCUT2D eigenvalue weighted by molar-refractivity contribution is 7.99. The standard InChI is InChI=1S/C20H19N3O3S2/c24-20(12-14-27-18-6-2-1-3-7-18)22-16-8-10-19(11-9-16)28(25,26)23-17-5-4-13-21-15-17/h1-11,13,15,23H,12,14H2,(H,22,24). The zero-order valence-electron chi connectivity index (χ0n) is 14.9. The van der Waals surface area contributed by atoms with E-state index in [2.05, 4.69) is 15.0 Å². The van der Waals surface area contributed by atoms with Crippen LogP contribution in [0.3, 0.4) is 0 Å². The van der Waals surface area contributed by atoms with Gasteiger partial charge in [0.25, 0.3) is 10.0 Å². The highest BCUT2D eigenvalue weighted by Crippen LogP contribution is 2.20. The number of rotatable bonds is 8. The van der Waals surface area contributed by atoms with Crippen LogP contribution in [0.1, 0.15) is 6.42 Å². The highest BCUT2D eigenvalue weighted by atomic mass is 32.2. The van der Waals surface area contributed by atoms with Crippen molar-refractivity contribution >= 4 is 39.1 Å². The first kappa shape index (κ1) is 19.9. The van der Waals surface area contributed by atoms with Crippen LogP contribution in [0.2, 0.25) is 0 Å². The van der Waals surface area contributed by atoms with Gasteiger partial charge < -0.3 is 5.32 Å². The second-order valence-electron chi connectivity index (χ2n) is 5.83. The third-order valence-electron chi connectivity index (χ3n) is 3.70. The molecule has 0 atom stereocenters. The Morgan fingerprint density at radius 2 is 1.68 bits per heavy atom. The minimum Gasteiger partial charge on any atom is -0.326 e. The van der Waals surface area contributed by atoms with Crippen molar-refractivity contribution in [1.82, 2.24) is 4.98 Å². The predicted molar refractivity (Wildman–Crippen MR) is 112 cm³/mol. The second kappa shape index (κ2) is 9.38. The van der Waals surface area contributed by atoms with Gasteiger partial charge in [0.1, 0.15) is 0 Å². The van der Waals surface area contributed by atoms with Gasteiger partial charge in [-0.2, -0.15) is 0 Å². The van der Waals surface area contributed by atoms with Crippen LogP contribution in [0.4, 0.5) is 11.4 Å². The van der Waals surface area contributed by atoms with Crippen molar-refractivity contribution in [3.63, 3.8) is 0 Å². The molecule has 144 valence electrons. The van der Waals surface area contributed by atoms with Crippen LogP contribution in [0.15, 0.2) is 88.9 Å². The Hall–Kier alpha value is -2.84. The van der Waals surface area contributed by atoms with Crippen molar-refractivity contribution in [2.45, 2.75) is 16.2 Å². The van der Waals surface area contributed by atoms with Crippen molar-refractivity contribution in [3.8, 4) is 0 Å². The third kappa shape index (κ3) is 5.83. The molecule has 0 fully saturated rings. The van der Waals surface area contributed by atoms with E-state index in [1.807, 2.05) is 30.3 Å². The maximum Gasteiger partial charge on any atom is 0.261 e. The molecule has 0 unspecified atom stereocenters. The summed E-state index contributed by atoms with van der Waals surface area (Å²) >= 11 is 1.61. The van der Waals surface area contributed by atoms with Crippen molar-refractivity contribution in [1.29, 1.82) is 0 Å². The maximum atomic E-state index is 12.4. The van der Waals surface area contributed by atoms with Crippen LogP contribution in [-0.2, 0) is 14.8 Å². The highest BCUT2D eigenvalue weighted by Gasteiger charge is 2.14. The summed E-state index contributed by atoms with van der Waals surface area (Å²) < 4.78 is 27.2. The Morgan fingerprint density at radius 1 is 0.929 bits per heavy atom. The van der Waals surface area contributed by atoms with Gasteiger partial charge in [0.15, 0.2) is 0 Å². The number of carbonyl (C=O) groups excluding carboxylic acids is 1. The molecule has 3 aromatic rings. The Bertz CT molecular complexity index is 1010. The molecule has 8 heteroatoms. The summed E-state index contributed by atoms with van der Waals surface area (Å²) in [4.78, 5) is 17.2. The monoisotopic (exact) mass is 413 g/mol. The molecule has 1 amide bonds. The summed E-state index contributed by atoms with van der Waals surface area (Å²) in [5, 5.41) is 2.78. The number of pyridine rings is 1. The Kier molecular flexibility index (Phi) is 6.67. The van der Waals surface area contributed by atoms with E-state index < -0.39 is 10.0 Å². The molecule has 0 saturated heterocycles. The molecule has 1 heterocycles. The maximum absolute atomic E-state index is 12.4. The van der Waals surface area contributed by atoms with Crippen LogP contribution < -0.4 is 10.0 Å². The summed E-state index contributed by atoms with van der Waals surface area (Å²) in [6.45, 7) is 0. The number of carbonyl (C=O) groups is 1. The molecule has 0 aliphatic carbocycles. The molecule has 0 bridgehead atoms. The largest absolute Gasteiger partial charge is 0.326 e. The van der Waals surface area contributed by atoms with E-state index in [1.165, 1.54) is 18.3 Å². The van der Waals surface area contributed by atoms with Gasteiger partial charge in [0.05, 0.1) is 16.8 Å². The normalized spacial score (nSPS) is 11.0. The molecule has 0 aliphatic rings. The molecule has 28 heavy (non-hydrogen) atoms. The lowest BCUT2D eigenvalue weighted by Crippen LogP contribution is -2.14. The molecule has 2 aromatic carbocycles. The van der Waals surface area contributed by atoms with Gasteiger partial charge in [-0.25, -0.2) is 8.42 Å². The van der Waals surface area contributed by atoms with E-state index in [4.69, 9.17) is 0 Å². The molecular formula is C20H19N3O3S2. The van der Waals surface area contributed by atoms with Gasteiger partial charge >= 0.3 is 0 Å². The quantitative estimate of drug-likeness (QED) is 0.545. The minimum absolute atomic E-state index is 0.106. The van der Waals surface area contributed by atoms with Crippen LogP contribution in [-0.4, -0.2) is 25.1 Å². The number of nitrogens with one attached hydrogen (secondary N) is 2. The zero-order chi connectivity index (χ0) is 19.8. The average Bonchev–Trinajstić information content (AvgIpc) is 2.70. The zero-order valence-corrected chi connectivity index (χ0v) is 16.5. The summed E-state index contributed by atoms with van der Waals surface area (Å²) in [7, 11) is -3.71.